The number of ether oxygens (including phenoxy) is 1. The summed E-state index contributed by atoms with van der Waals surface area (Å²) in [6.07, 6.45) is 0. The Morgan fingerprint density at radius 3 is 2.16 bits per heavy atom. The number of carbonyl (C=O) groups is 1. The van der Waals surface area contributed by atoms with E-state index < -0.39 is 5.97 Å². The van der Waals surface area contributed by atoms with Gasteiger partial charge >= 0.3 is 5.97 Å². The number of carbonyl (C=O) groups excluding carboxylic acids is 1. The van der Waals surface area contributed by atoms with Crippen molar-refractivity contribution in [2.75, 3.05) is 0 Å². The molecule has 0 N–H and O–H groups in total. The third-order valence-electron chi connectivity index (χ3n) is 2.27. The molecule has 2 aromatic rings. The molecule has 0 heterocycles. The van der Waals surface area contributed by atoms with Crippen molar-refractivity contribution in [3.8, 4) is 5.75 Å². The molecule has 0 radical (unpaired) electrons. The van der Waals surface area contributed by atoms with Crippen molar-refractivity contribution in [3.63, 3.8) is 0 Å². The molecule has 0 fully saturated rings. The maximum Gasteiger partial charge on any atom is 0.346 e. The molecule has 0 saturated heterocycles. The van der Waals surface area contributed by atoms with E-state index in [0.29, 0.717) is 5.75 Å². The predicted octanol–water partition coefficient (Wildman–Crippen LogP) is 5.63. The van der Waals surface area contributed by atoms with Crippen LogP contribution in [0.5, 0.6) is 5.75 Å². The summed E-state index contributed by atoms with van der Waals surface area (Å²) < 4.78 is 6.07. The van der Waals surface area contributed by atoms with Crippen molar-refractivity contribution < 1.29 is 9.53 Å². The molecular formula is C13H6BrCl3O2. The zero-order valence-corrected chi connectivity index (χ0v) is 13.1. The van der Waals surface area contributed by atoms with E-state index in [-0.39, 0.29) is 20.6 Å². The second-order valence-corrected chi connectivity index (χ2v) is 5.67. The third kappa shape index (κ3) is 3.42. The van der Waals surface area contributed by atoms with Crippen LogP contribution in [-0.2, 0) is 0 Å². The Morgan fingerprint density at radius 1 is 0.947 bits per heavy atom. The summed E-state index contributed by atoms with van der Waals surface area (Å²) in [6, 6.07) is 9.81. The first-order valence-corrected chi connectivity index (χ1v) is 7.03. The number of rotatable bonds is 2. The van der Waals surface area contributed by atoms with Gasteiger partial charge in [0.15, 0.2) is 0 Å². The van der Waals surface area contributed by atoms with E-state index in [9.17, 15) is 4.79 Å². The fraction of sp³-hybridized carbons (Fsp3) is 0. The van der Waals surface area contributed by atoms with E-state index in [1.54, 1.807) is 24.3 Å². The molecule has 2 rings (SSSR count). The number of hydrogen-bond donors (Lipinski definition) is 0. The van der Waals surface area contributed by atoms with Crippen molar-refractivity contribution in [2.45, 2.75) is 0 Å². The van der Waals surface area contributed by atoms with Crippen molar-refractivity contribution >= 4 is 56.7 Å². The van der Waals surface area contributed by atoms with Crippen LogP contribution in [0.3, 0.4) is 0 Å². The van der Waals surface area contributed by atoms with Crippen LogP contribution in [0.2, 0.25) is 15.1 Å². The first-order valence-electron chi connectivity index (χ1n) is 5.10. The van der Waals surface area contributed by atoms with Gasteiger partial charge in [-0.25, -0.2) is 4.79 Å². The Labute approximate surface area is 133 Å². The molecule has 2 nitrogen and oxygen atoms in total. The zero-order chi connectivity index (χ0) is 14.0. The van der Waals surface area contributed by atoms with Gasteiger partial charge in [-0.05, 0) is 36.4 Å². The van der Waals surface area contributed by atoms with Crippen molar-refractivity contribution in [2.24, 2.45) is 0 Å². The largest absolute Gasteiger partial charge is 0.423 e. The highest BCUT2D eigenvalue weighted by molar-refractivity contribution is 9.10. The number of esters is 1. The molecule has 0 saturated carbocycles. The normalized spacial score (nSPS) is 10.3. The van der Waals surface area contributed by atoms with Crippen LogP contribution in [0.15, 0.2) is 40.9 Å². The Kier molecular flexibility index (Phi) is 4.74. The van der Waals surface area contributed by atoms with E-state index >= 15 is 0 Å². The molecule has 0 spiro atoms. The van der Waals surface area contributed by atoms with Crippen molar-refractivity contribution in [1.29, 1.82) is 0 Å². The van der Waals surface area contributed by atoms with Crippen LogP contribution < -0.4 is 4.74 Å². The zero-order valence-electron chi connectivity index (χ0n) is 9.29. The molecule has 0 unspecified atom stereocenters. The summed E-state index contributed by atoms with van der Waals surface area (Å²) in [4.78, 5) is 12.0. The van der Waals surface area contributed by atoms with Crippen molar-refractivity contribution in [3.05, 3.63) is 61.5 Å². The molecule has 6 heteroatoms. The summed E-state index contributed by atoms with van der Waals surface area (Å²) in [5.74, 6) is -0.264. The average Bonchev–Trinajstić information content (AvgIpc) is 2.37. The highest BCUT2D eigenvalue weighted by Crippen LogP contribution is 2.32. The maximum absolute atomic E-state index is 12.0. The third-order valence-corrected chi connectivity index (χ3v) is 3.92. The van der Waals surface area contributed by atoms with Gasteiger partial charge in [0.25, 0.3) is 0 Å². The van der Waals surface area contributed by atoms with Crippen LogP contribution in [0, 0.1) is 0 Å². The molecule has 98 valence electrons. The highest BCUT2D eigenvalue weighted by Gasteiger charge is 2.19. The van der Waals surface area contributed by atoms with Gasteiger partial charge in [-0.2, -0.15) is 0 Å². The SMILES string of the molecule is O=C(Oc1ccc(Br)cc1)c1c(Cl)ccc(Cl)c1Cl. The monoisotopic (exact) mass is 378 g/mol. The number of benzene rings is 2. The van der Waals surface area contributed by atoms with Gasteiger partial charge in [-0.1, -0.05) is 50.7 Å². The minimum Gasteiger partial charge on any atom is -0.423 e. The Balaban J connectivity index is 2.30. The van der Waals surface area contributed by atoms with Gasteiger partial charge in [0.1, 0.15) is 5.75 Å². The number of halogens is 4. The lowest BCUT2D eigenvalue weighted by molar-refractivity contribution is 0.0735. The molecule has 0 aliphatic rings. The molecule has 19 heavy (non-hydrogen) atoms. The van der Waals surface area contributed by atoms with E-state index in [2.05, 4.69) is 15.9 Å². The minimum atomic E-state index is -0.653. The smallest absolute Gasteiger partial charge is 0.346 e. The van der Waals surface area contributed by atoms with E-state index in [4.69, 9.17) is 39.5 Å². The van der Waals surface area contributed by atoms with Gasteiger partial charge < -0.3 is 4.74 Å². The summed E-state index contributed by atoms with van der Waals surface area (Å²) in [5.41, 5.74) is 0.0544. The fourth-order valence-electron chi connectivity index (χ4n) is 1.37. The van der Waals surface area contributed by atoms with E-state index in [1.807, 2.05) is 0 Å². The average molecular weight is 380 g/mol. The predicted molar refractivity (Wildman–Crippen MR) is 80.6 cm³/mol. The standard InChI is InChI=1S/C13H6BrCl3O2/c14-7-1-3-8(4-2-7)19-13(18)11-9(15)5-6-10(16)12(11)17/h1-6H. The minimum absolute atomic E-state index is 0.0544. The van der Waals surface area contributed by atoms with Crippen LogP contribution in [0.4, 0.5) is 0 Å². The quantitative estimate of drug-likeness (QED) is 0.383. The summed E-state index contributed by atoms with van der Waals surface area (Å²) in [5, 5.41) is 0.515. The van der Waals surface area contributed by atoms with Gasteiger partial charge in [0, 0.05) is 4.47 Å². The molecule has 0 amide bonds. The fourth-order valence-corrected chi connectivity index (χ4v) is 2.32. The van der Waals surface area contributed by atoms with Gasteiger partial charge in [0.2, 0.25) is 0 Å². The molecule has 0 aliphatic heterocycles. The van der Waals surface area contributed by atoms with Crippen LogP contribution >= 0.6 is 50.7 Å². The van der Waals surface area contributed by atoms with E-state index in [1.165, 1.54) is 12.1 Å². The molecule has 0 aliphatic carbocycles. The first-order chi connectivity index (χ1) is 8.99. The molecule has 0 atom stereocenters. The molecule has 0 bridgehead atoms. The lowest BCUT2D eigenvalue weighted by Crippen LogP contribution is -2.10. The highest BCUT2D eigenvalue weighted by atomic mass is 79.9. The molecule has 0 aromatic heterocycles. The Bertz CT molecular complexity index is 627. The Morgan fingerprint density at radius 2 is 1.53 bits per heavy atom. The summed E-state index contributed by atoms with van der Waals surface area (Å²) in [6.45, 7) is 0. The van der Waals surface area contributed by atoms with Gasteiger partial charge in [-0.15, -0.1) is 0 Å². The lowest BCUT2D eigenvalue weighted by Gasteiger charge is -2.08. The summed E-state index contributed by atoms with van der Waals surface area (Å²) in [7, 11) is 0. The van der Waals surface area contributed by atoms with E-state index in [0.717, 1.165) is 4.47 Å². The molecular weight excluding hydrogens is 374 g/mol. The van der Waals surface area contributed by atoms with Crippen molar-refractivity contribution in [1.82, 2.24) is 0 Å². The molecule has 2 aromatic carbocycles. The Hall–Kier alpha value is -0.740. The lowest BCUT2D eigenvalue weighted by atomic mass is 10.2. The van der Waals surface area contributed by atoms with Gasteiger partial charge in [0.05, 0.1) is 20.6 Å². The van der Waals surface area contributed by atoms with Gasteiger partial charge in [-0.3, -0.25) is 0 Å². The van der Waals surface area contributed by atoms with Crippen LogP contribution in [0.1, 0.15) is 10.4 Å². The second-order valence-electron chi connectivity index (χ2n) is 3.56. The topological polar surface area (TPSA) is 26.3 Å². The first kappa shape index (κ1) is 14.7. The number of hydrogen-bond acceptors (Lipinski definition) is 2. The second kappa shape index (κ2) is 6.14. The van der Waals surface area contributed by atoms with Crippen LogP contribution in [0.25, 0.3) is 0 Å². The summed E-state index contributed by atoms with van der Waals surface area (Å²) >= 11 is 21.0. The van der Waals surface area contributed by atoms with Crippen LogP contribution in [-0.4, -0.2) is 5.97 Å². The maximum atomic E-state index is 12.0.